The molecule has 3 heteroatoms. The summed E-state index contributed by atoms with van der Waals surface area (Å²) in [5.41, 5.74) is 1.13. The molecular formula is C10H11NO2. The Morgan fingerprint density at radius 3 is 2.54 bits per heavy atom. The number of hydrogen-bond acceptors (Lipinski definition) is 2. The molecule has 13 heavy (non-hydrogen) atoms. The number of β-lactam (4-membered cyclic amide) rings is 1. The third-order valence-corrected chi connectivity index (χ3v) is 2.28. The molecule has 2 atom stereocenters. The Hall–Kier alpha value is -1.35. The zero-order valence-electron chi connectivity index (χ0n) is 7.10. The van der Waals surface area contributed by atoms with Gasteiger partial charge in [-0.1, -0.05) is 30.3 Å². The fourth-order valence-corrected chi connectivity index (χ4v) is 1.46. The molecule has 0 spiro atoms. The zero-order valence-corrected chi connectivity index (χ0v) is 7.10. The minimum Gasteiger partial charge on any atom is -0.381 e. The standard InChI is InChI=1S/C10H11NO2/c12-9-8(11-10(9)13)6-7-4-2-1-3-5-7/h1-5,8-9,12H,6H2,(H,11,13)/t8-,9+/m0/s1. The first-order valence-corrected chi connectivity index (χ1v) is 4.30. The second kappa shape index (κ2) is 3.18. The smallest absolute Gasteiger partial charge is 0.251 e. The van der Waals surface area contributed by atoms with Crippen molar-refractivity contribution in [3.05, 3.63) is 35.9 Å². The maximum atomic E-state index is 10.7. The topological polar surface area (TPSA) is 49.3 Å². The Balaban J connectivity index is 1.97. The Morgan fingerprint density at radius 2 is 2.00 bits per heavy atom. The van der Waals surface area contributed by atoms with E-state index in [-0.39, 0.29) is 11.9 Å². The Kier molecular flexibility index (Phi) is 2.02. The van der Waals surface area contributed by atoms with E-state index in [4.69, 9.17) is 0 Å². The number of nitrogens with one attached hydrogen (secondary N) is 1. The Labute approximate surface area is 76.4 Å². The summed E-state index contributed by atoms with van der Waals surface area (Å²) in [5.74, 6) is -0.263. The number of carbonyl (C=O) groups excluding carboxylic acids is 1. The molecule has 1 aromatic carbocycles. The minimum absolute atomic E-state index is 0.102. The predicted molar refractivity (Wildman–Crippen MR) is 48.1 cm³/mol. The van der Waals surface area contributed by atoms with Crippen LogP contribution in [0.5, 0.6) is 0 Å². The highest BCUT2D eigenvalue weighted by Gasteiger charge is 2.36. The van der Waals surface area contributed by atoms with Gasteiger partial charge in [0.05, 0.1) is 6.04 Å². The molecule has 1 heterocycles. The van der Waals surface area contributed by atoms with E-state index < -0.39 is 6.10 Å². The van der Waals surface area contributed by atoms with E-state index in [9.17, 15) is 9.90 Å². The molecule has 2 rings (SSSR count). The highest BCUT2D eigenvalue weighted by Crippen LogP contribution is 2.12. The van der Waals surface area contributed by atoms with E-state index in [0.29, 0.717) is 6.42 Å². The average Bonchev–Trinajstić information content (AvgIpc) is 2.19. The normalized spacial score (nSPS) is 26.4. The van der Waals surface area contributed by atoms with Crippen LogP contribution in [0, 0.1) is 0 Å². The van der Waals surface area contributed by atoms with Crippen LogP contribution in [-0.4, -0.2) is 23.2 Å². The summed E-state index contributed by atoms with van der Waals surface area (Å²) in [5, 5.41) is 11.9. The first-order valence-electron chi connectivity index (χ1n) is 4.30. The molecule has 0 unspecified atom stereocenters. The monoisotopic (exact) mass is 177 g/mol. The molecule has 1 amide bonds. The molecular weight excluding hydrogens is 166 g/mol. The fraction of sp³-hybridized carbons (Fsp3) is 0.300. The number of carbonyl (C=O) groups is 1. The zero-order chi connectivity index (χ0) is 9.26. The molecule has 2 N–H and O–H groups in total. The van der Waals surface area contributed by atoms with Gasteiger partial charge >= 0.3 is 0 Å². The second-order valence-corrected chi connectivity index (χ2v) is 3.25. The van der Waals surface area contributed by atoms with Crippen molar-refractivity contribution in [2.24, 2.45) is 0 Å². The number of amides is 1. The lowest BCUT2D eigenvalue weighted by Crippen LogP contribution is -2.63. The maximum Gasteiger partial charge on any atom is 0.251 e. The Morgan fingerprint density at radius 1 is 1.31 bits per heavy atom. The lowest BCUT2D eigenvalue weighted by Gasteiger charge is -2.32. The van der Waals surface area contributed by atoms with Gasteiger partial charge in [-0.3, -0.25) is 4.79 Å². The van der Waals surface area contributed by atoms with Crippen molar-refractivity contribution in [1.82, 2.24) is 5.32 Å². The van der Waals surface area contributed by atoms with Crippen LogP contribution in [0.2, 0.25) is 0 Å². The van der Waals surface area contributed by atoms with Crippen LogP contribution in [-0.2, 0) is 11.2 Å². The Bertz CT molecular complexity index is 310. The van der Waals surface area contributed by atoms with Crippen LogP contribution in [0.25, 0.3) is 0 Å². The van der Waals surface area contributed by atoms with Crippen molar-refractivity contribution >= 4 is 5.91 Å². The van der Waals surface area contributed by atoms with Crippen LogP contribution < -0.4 is 5.32 Å². The van der Waals surface area contributed by atoms with Gasteiger partial charge in [0.2, 0.25) is 0 Å². The van der Waals surface area contributed by atoms with Gasteiger partial charge in [-0.2, -0.15) is 0 Å². The van der Waals surface area contributed by atoms with Crippen molar-refractivity contribution in [3.8, 4) is 0 Å². The SMILES string of the molecule is O=C1N[C@@H](Cc2ccccc2)[C@H]1O. The summed E-state index contributed by atoms with van der Waals surface area (Å²) in [4.78, 5) is 10.7. The summed E-state index contributed by atoms with van der Waals surface area (Å²) in [6.07, 6.45) is -0.117. The summed E-state index contributed by atoms with van der Waals surface area (Å²) < 4.78 is 0. The van der Waals surface area contributed by atoms with Gasteiger partial charge in [0.1, 0.15) is 0 Å². The van der Waals surface area contributed by atoms with Crippen LogP contribution in [0.3, 0.4) is 0 Å². The molecule has 0 saturated carbocycles. The number of aliphatic hydroxyl groups is 1. The quantitative estimate of drug-likeness (QED) is 0.629. The fourth-order valence-electron chi connectivity index (χ4n) is 1.46. The van der Waals surface area contributed by atoms with E-state index in [1.807, 2.05) is 30.3 Å². The highest BCUT2D eigenvalue weighted by molar-refractivity contribution is 5.87. The molecule has 0 aliphatic carbocycles. The van der Waals surface area contributed by atoms with Crippen LogP contribution in [0.4, 0.5) is 0 Å². The van der Waals surface area contributed by atoms with Crippen molar-refractivity contribution in [3.63, 3.8) is 0 Å². The van der Waals surface area contributed by atoms with E-state index >= 15 is 0 Å². The lowest BCUT2D eigenvalue weighted by atomic mass is 9.95. The van der Waals surface area contributed by atoms with Crippen molar-refractivity contribution in [1.29, 1.82) is 0 Å². The largest absolute Gasteiger partial charge is 0.381 e. The molecule has 1 fully saturated rings. The summed E-state index contributed by atoms with van der Waals surface area (Å²) in [7, 11) is 0. The van der Waals surface area contributed by atoms with Crippen molar-refractivity contribution in [2.75, 3.05) is 0 Å². The maximum absolute atomic E-state index is 10.7. The summed E-state index contributed by atoms with van der Waals surface area (Å²) in [6.45, 7) is 0. The third kappa shape index (κ3) is 1.55. The first kappa shape index (κ1) is 8.26. The van der Waals surface area contributed by atoms with Gasteiger partial charge in [0.15, 0.2) is 6.10 Å². The molecule has 1 saturated heterocycles. The summed E-state index contributed by atoms with van der Waals surface area (Å²) in [6, 6.07) is 9.70. The second-order valence-electron chi connectivity index (χ2n) is 3.25. The number of rotatable bonds is 2. The van der Waals surface area contributed by atoms with Gasteiger partial charge < -0.3 is 10.4 Å². The minimum atomic E-state index is -0.819. The van der Waals surface area contributed by atoms with Gasteiger partial charge in [-0.15, -0.1) is 0 Å². The molecule has 0 aromatic heterocycles. The van der Waals surface area contributed by atoms with Gasteiger partial charge in [-0.25, -0.2) is 0 Å². The van der Waals surface area contributed by atoms with Crippen LogP contribution in [0.1, 0.15) is 5.56 Å². The van der Waals surface area contributed by atoms with E-state index in [1.165, 1.54) is 0 Å². The van der Waals surface area contributed by atoms with Gasteiger partial charge in [-0.05, 0) is 12.0 Å². The van der Waals surface area contributed by atoms with E-state index in [0.717, 1.165) is 5.56 Å². The van der Waals surface area contributed by atoms with Gasteiger partial charge in [0, 0.05) is 0 Å². The predicted octanol–water partition coefficient (Wildman–Crippen LogP) is 0.0884. The highest BCUT2D eigenvalue weighted by atomic mass is 16.3. The molecule has 1 aliphatic rings. The average molecular weight is 177 g/mol. The molecule has 68 valence electrons. The molecule has 1 aromatic rings. The van der Waals surface area contributed by atoms with Crippen LogP contribution in [0.15, 0.2) is 30.3 Å². The number of hydrogen-bond donors (Lipinski definition) is 2. The first-order chi connectivity index (χ1) is 6.27. The van der Waals surface area contributed by atoms with E-state index in [2.05, 4.69) is 5.32 Å². The number of benzene rings is 1. The van der Waals surface area contributed by atoms with Gasteiger partial charge in [0.25, 0.3) is 5.91 Å². The lowest BCUT2D eigenvalue weighted by molar-refractivity contribution is -0.142. The number of aliphatic hydroxyl groups excluding tert-OH is 1. The molecule has 0 bridgehead atoms. The molecule has 1 aliphatic heterocycles. The van der Waals surface area contributed by atoms with Crippen molar-refractivity contribution < 1.29 is 9.90 Å². The van der Waals surface area contributed by atoms with Crippen molar-refractivity contribution in [2.45, 2.75) is 18.6 Å². The molecule has 0 radical (unpaired) electrons. The van der Waals surface area contributed by atoms with Crippen LogP contribution >= 0.6 is 0 Å². The molecule has 3 nitrogen and oxygen atoms in total. The van der Waals surface area contributed by atoms with E-state index in [1.54, 1.807) is 0 Å². The summed E-state index contributed by atoms with van der Waals surface area (Å²) >= 11 is 0. The third-order valence-electron chi connectivity index (χ3n) is 2.28.